The molecule has 0 saturated heterocycles. The molecule has 1 amide bonds. The Morgan fingerprint density at radius 3 is 2.36 bits per heavy atom. The molecule has 0 bridgehead atoms. The van der Waals surface area contributed by atoms with E-state index in [0.717, 1.165) is 12.0 Å². The number of fused-ring (bicyclic) bond motifs is 1. The van der Waals surface area contributed by atoms with Crippen LogP contribution in [0.25, 0.3) is 0 Å². The molecular formula is C19H23NO2. The first kappa shape index (κ1) is 16.1. The number of hydrogen-bond donors (Lipinski definition) is 0. The van der Waals surface area contributed by atoms with Crippen molar-refractivity contribution in [2.75, 3.05) is 13.7 Å². The van der Waals surface area contributed by atoms with E-state index in [1.54, 1.807) is 4.90 Å². The van der Waals surface area contributed by atoms with Gasteiger partial charge in [0.2, 0.25) is 0 Å². The van der Waals surface area contributed by atoms with Gasteiger partial charge in [0.05, 0.1) is 13.2 Å². The summed E-state index contributed by atoms with van der Waals surface area (Å²) in [6.45, 7) is 4.68. The van der Waals surface area contributed by atoms with Crippen LogP contribution in [0.1, 0.15) is 36.6 Å². The Morgan fingerprint density at radius 2 is 1.68 bits per heavy atom. The largest absolute Gasteiger partial charge is 0.453 e. The lowest BCUT2D eigenvalue weighted by molar-refractivity contribution is 0.109. The molecule has 3 rings (SSSR count). The lowest BCUT2D eigenvalue weighted by atomic mass is 9.88. The van der Waals surface area contributed by atoms with E-state index < -0.39 is 0 Å². The van der Waals surface area contributed by atoms with Crippen LogP contribution in [0.3, 0.4) is 0 Å². The number of rotatable bonds is 1. The van der Waals surface area contributed by atoms with E-state index in [9.17, 15) is 4.79 Å². The smallest absolute Gasteiger partial charge is 0.410 e. The summed E-state index contributed by atoms with van der Waals surface area (Å²) in [4.78, 5) is 13.9. The molecular weight excluding hydrogens is 274 g/mol. The first-order valence-corrected chi connectivity index (χ1v) is 7.78. The average molecular weight is 297 g/mol. The van der Waals surface area contributed by atoms with Crippen LogP contribution in [0, 0.1) is 0 Å². The Hall–Kier alpha value is -2.29. The van der Waals surface area contributed by atoms with Gasteiger partial charge in [0.15, 0.2) is 0 Å². The molecule has 1 unspecified atom stereocenters. The van der Waals surface area contributed by atoms with Crippen LogP contribution in [-0.4, -0.2) is 24.6 Å². The zero-order valence-electron chi connectivity index (χ0n) is 13.5. The summed E-state index contributed by atoms with van der Waals surface area (Å²) in [5, 5.41) is 0. The third-order valence-corrected chi connectivity index (χ3v) is 3.81. The minimum absolute atomic E-state index is 0.0615. The quantitative estimate of drug-likeness (QED) is 0.779. The predicted octanol–water partition coefficient (Wildman–Crippen LogP) is 4.43. The maximum absolute atomic E-state index is 12.1. The summed E-state index contributed by atoms with van der Waals surface area (Å²) < 4.78 is 4.94. The molecule has 2 aromatic rings. The fourth-order valence-electron chi connectivity index (χ4n) is 2.88. The Balaban J connectivity index is 0.000000847. The first-order valence-electron chi connectivity index (χ1n) is 7.78. The second-order valence-electron chi connectivity index (χ2n) is 4.93. The maximum Gasteiger partial charge on any atom is 0.410 e. The van der Waals surface area contributed by atoms with Crippen molar-refractivity contribution in [3.63, 3.8) is 0 Å². The zero-order chi connectivity index (χ0) is 15.9. The van der Waals surface area contributed by atoms with E-state index in [-0.39, 0.29) is 12.1 Å². The summed E-state index contributed by atoms with van der Waals surface area (Å²) in [5.41, 5.74) is 3.61. The van der Waals surface area contributed by atoms with E-state index in [1.165, 1.54) is 18.2 Å². The van der Waals surface area contributed by atoms with Crippen LogP contribution in [0.4, 0.5) is 4.79 Å². The number of carbonyl (C=O) groups excluding carboxylic acids is 1. The minimum Gasteiger partial charge on any atom is -0.453 e. The highest BCUT2D eigenvalue weighted by Gasteiger charge is 2.32. The lowest BCUT2D eigenvalue weighted by Gasteiger charge is -2.36. The number of nitrogens with zero attached hydrogens (tertiary/aromatic N) is 1. The molecule has 2 aromatic carbocycles. The molecule has 22 heavy (non-hydrogen) atoms. The van der Waals surface area contributed by atoms with Crippen LogP contribution in [0.15, 0.2) is 54.6 Å². The number of benzene rings is 2. The Bertz CT molecular complexity index is 610. The monoisotopic (exact) mass is 297 g/mol. The van der Waals surface area contributed by atoms with Gasteiger partial charge in [-0.05, 0) is 23.1 Å². The Morgan fingerprint density at radius 1 is 1.05 bits per heavy atom. The molecule has 0 radical (unpaired) electrons. The van der Waals surface area contributed by atoms with Gasteiger partial charge in [0, 0.05) is 6.54 Å². The molecule has 1 aliphatic rings. The number of amides is 1. The van der Waals surface area contributed by atoms with Crippen LogP contribution in [0.5, 0.6) is 0 Å². The molecule has 116 valence electrons. The van der Waals surface area contributed by atoms with Crippen molar-refractivity contribution >= 4 is 6.09 Å². The summed E-state index contributed by atoms with van der Waals surface area (Å²) in [6.07, 6.45) is 0.600. The van der Waals surface area contributed by atoms with E-state index in [4.69, 9.17) is 4.74 Å². The number of carbonyl (C=O) groups is 1. The van der Waals surface area contributed by atoms with E-state index in [0.29, 0.717) is 6.54 Å². The second kappa shape index (κ2) is 7.64. The van der Waals surface area contributed by atoms with Crippen molar-refractivity contribution in [2.24, 2.45) is 0 Å². The second-order valence-corrected chi connectivity index (χ2v) is 4.93. The van der Waals surface area contributed by atoms with Gasteiger partial charge >= 0.3 is 6.09 Å². The third kappa shape index (κ3) is 3.14. The van der Waals surface area contributed by atoms with Gasteiger partial charge < -0.3 is 4.74 Å². The highest BCUT2D eigenvalue weighted by Crippen LogP contribution is 2.35. The van der Waals surface area contributed by atoms with Crippen LogP contribution >= 0.6 is 0 Å². The third-order valence-electron chi connectivity index (χ3n) is 3.81. The van der Waals surface area contributed by atoms with Crippen molar-refractivity contribution in [1.82, 2.24) is 4.90 Å². The van der Waals surface area contributed by atoms with E-state index >= 15 is 0 Å². The highest BCUT2D eigenvalue weighted by molar-refractivity contribution is 5.70. The van der Waals surface area contributed by atoms with Crippen LogP contribution < -0.4 is 0 Å². The lowest BCUT2D eigenvalue weighted by Crippen LogP contribution is -2.40. The average Bonchev–Trinajstić information content (AvgIpc) is 2.62. The van der Waals surface area contributed by atoms with Gasteiger partial charge in [0.1, 0.15) is 0 Å². The molecule has 1 heterocycles. The van der Waals surface area contributed by atoms with Crippen LogP contribution in [0.2, 0.25) is 0 Å². The molecule has 0 N–H and O–H groups in total. The standard InChI is InChI=1S/C17H17NO2.C2H6/c1-20-17(19)18-12-11-13-7-5-6-10-15(13)16(18)14-8-3-2-4-9-14;1-2/h2-10,16H,11-12H2,1H3;1-2H3. The summed E-state index contributed by atoms with van der Waals surface area (Å²) in [5.74, 6) is 0. The van der Waals surface area contributed by atoms with Crippen molar-refractivity contribution < 1.29 is 9.53 Å². The van der Waals surface area contributed by atoms with Gasteiger partial charge in [-0.15, -0.1) is 0 Å². The number of methoxy groups -OCH3 is 1. The molecule has 1 atom stereocenters. The molecule has 0 aliphatic carbocycles. The van der Waals surface area contributed by atoms with Gasteiger partial charge in [-0.25, -0.2) is 4.79 Å². The molecule has 3 nitrogen and oxygen atoms in total. The highest BCUT2D eigenvalue weighted by atomic mass is 16.5. The Labute approximate surface area is 132 Å². The molecule has 1 aliphatic heterocycles. The van der Waals surface area contributed by atoms with Gasteiger partial charge in [-0.2, -0.15) is 0 Å². The van der Waals surface area contributed by atoms with Crippen LogP contribution in [-0.2, 0) is 11.2 Å². The molecule has 0 aromatic heterocycles. The summed E-state index contributed by atoms with van der Waals surface area (Å²) in [7, 11) is 1.44. The molecule has 0 fully saturated rings. The van der Waals surface area contributed by atoms with Crippen molar-refractivity contribution in [1.29, 1.82) is 0 Å². The van der Waals surface area contributed by atoms with E-state index in [1.807, 2.05) is 38.1 Å². The molecule has 0 spiro atoms. The van der Waals surface area contributed by atoms with E-state index in [2.05, 4.69) is 30.3 Å². The van der Waals surface area contributed by atoms with Gasteiger partial charge in [0.25, 0.3) is 0 Å². The van der Waals surface area contributed by atoms with Gasteiger partial charge in [-0.1, -0.05) is 68.4 Å². The zero-order valence-corrected chi connectivity index (χ0v) is 13.5. The van der Waals surface area contributed by atoms with Crippen molar-refractivity contribution in [3.8, 4) is 0 Å². The van der Waals surface area contributed by atoms with Gasteiger partial charge in [-0.3, -0.25) is 4.90 Å². The fraction of sp³-hybridized carbons (Fsp3) is 0.316. The molecule has 3 heteroatoms. The number of ether oxygens (including phenoxy) is 1. The fourth-order valence-corrected chi connectivity index (χ4v) is 2.88. The van der Waals surface area contributed by atoms with Crippen molar-refractivity contribution in [3.05, 3.63) is 71.3 Å². The SMILES string of the molecule is CC.COC(=O)N1CCc2ccccc2C1c1ccccc1. The normalized spacial score (nSPS) is 16.1. The molecule has 0 saturated carbocycles. The summed E-state index contributed by atoms with van der Waals surface area (Å²) in [6, 6.07) is 18.4. The summed E-state index contributed by atoms with van der Waals surface area (Å²) >= 11 is 0. The topological polar surface area (TPSA) is 29.5 Å². The predicted molar refractivity (Wildman–Crippen MR) is 88.9 cm³/mol. The van der Waals surface area contributed by atoms with Crippen molar-refractivity contribution in [2.45, 2.75) is 26.3 Å². The maximum atomic E-state index is 12.1. The number of hydrogen-bond acceptors (Lipinski definition) is 2. The Kier molecular flexibility index (Phi) is 5.59. The first-order chi connectivity index (χ1) is 10.8. The minimum atomic E-state index is -0.270.